The highest BCUT2D eigenvalue weighted by Gasteiger charge is 2.07. The first-order chi connectivity index (χ1) is 13.1. The monoisotopic (exact) mass is 382 g/mol. The van der Waals surface area contributed by atoms with Gasteiger partial charge in [0.25, 0.3) is 0 Å². The summed E-state index contributed by atoms with van der Waals surface area (Å²) >= 11 is 0. The molecule has 4 nitrogen and oxygen atoms in total. The van der Waals surface area contributed by atoms with Crippen LogP contribution < -0.4 is 9.47 Å². The fourth-order valence-corrected chi connectivity index (χ4v) is 2.29. The first-order valence-corrected chi connectivity index (χ1v) is 9.69. The third kappa shape index (κ3) is 8.94. The molecule has 2 rings (SSSR count). The minimum Gasteiger partial charge on any atom is -0.488 e. The second kappa shape index (κ2) is 9.64. The number of likely N-dealkylation sites (N-methyl/N-ethyl adjacent to an activating group) is 2. The Hall–Kier alpha value is -2.48. The normalized spacial score (nSPS) is 11.5. The van der Waals surface area contributed by atoms with Gasteiger partial charge in [0.05, 0.1) is 42.3 Å². The van der Waals surface area contributed by atoms with Crippen molar-refractivity contribution in [2.24, 2.45) is 0 Å². The van der Waals surface area contributed by atoms with Crippen LogP contribution in [-0.4, -0.2) is 77.6 Å². The molecule has 2 aromatic carbocycles. The van der Waals surface area contributed by atoms with E-state index < -0.39 is 0 Å². The molecule has 0 aliphatic heterocycles. The second-order valence-electron chi connectivity index (χ2n) is 9.02. The molecule has 0 fully saturated rings. The third-order valence-electron chi connectivity index (χ3n) is 4.12. The summed E-state index contributed by atoms with van der Waals surface area (Å²) in [5, 5.41) is 0. The van der Waals surface area contributed by atoms with Gasteiger partial charge < -0.3 is 18.4 Å². The summed E-state index contributed by atoms with van der Waals surface area (Å²) < 4.78 is 13.4. The van der Waals surface area contributed by atoms with Gasteiger partial charge >= 0.3 is 0 Å². The molecule has 0 aromatic heterocycles. The van der Waals surface area contributed by atoms with Gasteiger partial charge in [0, 0.05) is 11.1 Å². The number of hydrogen-bond donors (Lipinski definition) is 0. The molecule has 0 saturated heterocycles. The number of quaternary nitrogens is 2. The molecule has 0 amide bonds. The number of nitrogens with zero attached hydrogens (tertiary/aromatic N) is 2. The van der Waals surface area contributed by atoms with Crippen LogP contribution in [0.4, 0.5) is 0 Å². The molecule has 4 heteroatoms. The number of benzene rings is 2. The van der Waals surface area contributed by atoms with Gasteiger partial charge in [-0.15, -0.1) is 0 Å². The van der Waals surface area contributed by atoms with Gasteiger partial charge in [-0.3, -0.25) is 0 Å². The van der Waals surface area contributed by atoms with Gasteiger partial charge in [-0.05, 0) is 48.5 Å². The lowest BCUT2D eigenvalue weighted by atomic mass is 10.2. The first kappa shape index (κ1) is 21.8. The molecule has 0 heterocycles. The lowest BCUT2D eigenvalue weighted by Crippen LogP contribution is -2.38. The molecule has 0 aliphatic rings. The molecule has 0 N–H and O–H groups in total. The molecule has 0 unspecified atom stereocenters. The van der Waals surface area contributed by atoms with E-state index in [2.05, 4.69) is 54.1 Å². The van der Waals surface area contributed by atoms with Crippen LogP contribution in [0.5, 0.6) is 11.5 Å². The predicted molar refractivity (Wildman–Crippen MR) is 116 cm³/mol. The predicted octanol–water partition coefficient (Wildman–Crippen LogP) is 3.26. The van der Waals surface area contributed by atoms with Gasteiger partial charge in [0.1, 0.15) is 37.8 Å². The zero-order valence-corrected chi connectivity index (χ0v) is 18.2. The Morgan fingerprint density at radius 1 is 0.571 bits per heavy atom. The van der Waals surface area contributed by atoms with Crippen molar-refractivity contribution in [3.8, 4) is 23.3 Å². The summed E-state index contributed by atoms with van der Waals surface area (Å²) in [6.45, 7) is 3.35. The minimum atomic E-state index is 0.706. The van der Waals surface area contributed by atoms with E-state index in [1.54, 1.807) is 0 Å². The summed E-state index contributed by atoms with van der Waals surface area (Å²) in [6, 6.07) is 15.9. The Bertz CT molecular complexity index is 719. The van der Waals surface area contributed by atoms with Crippen LogP contribution in [0.1, 0.15) is 11.1 Å². The van der Waals surface area contributed by atoms with E-state index in [0.717, 1.165) is 44.7 Å². The first-order valence-electron chi connectivity index (χ1n) is 9.69. The maximum absolute atomic E-state index is 5.79. The van der Waals surface area contributed by atoms with Gasteiger partial charge in [-0.25, -0.2) is 0 Å². The van der Waals surface area contributed by atoms with Crippen molar-refractivity contribution >= 4 is 0 Å². The third-order valence-corrected chi connectivity index (χ3v) is 4.12. The molecular formula is C24H34N2O2+2. The lowest BCUT2D eigenvalue weighted by Gasteiger charge is -2.23. The van der Waals surface area contributed by atoms with Crippen molar-refractivity contribution in [2.45, 2.75) is 0 Å². The average Bonchev–Trinajstić information content (AvgIpc) is 2.60. The van der Waals surface area contributed by atoms with E-state index >= 15 is 0 Å². The van der Waals surface area contributed by atoms with E-state index in [1.165, 1.54) is 0 Å². The molecule has 0 bridgehead atoms. The molecule has 0 radical (unpaired) electrons. The largest absolute Gasteiger partial charge is 0.488 e. The smallest absolute Gasteiger partial charge is 0.137 e. The fourth-order valence-electron chi connectivity index (χ4n) is 2.29. The standard InChI is InChI=1S/C24H34N2O2/c1-25(2,3)17-19-27-23-13-9-21(10-14-23)7-8-22-11-15-24(16-12-22)28-20-18-26(4,5)6/h9-16H,17-20H2,1-6H3/q+2. The van der Waals surface area contributed by atoms with Crippen LogP contribution in [-0.2, 0) is 0 Å². The second-order valence-corrected chi connectivity index (χ2v) is 9.02. The molecule has 0 spiro atoms. The Morgan fingerprint density at radius 2 is 0.893 bits per heavy atom. The van der Waals surface area contributed by atoms with Crippen molar-refractivity contribution in [3.05, 3.63) is 59.7 Å². The molecule has 150 valence electrons. The summed E-state index contributed by atoms with van der Waals surface area (Å²) in [7, 11) is 13.0. The summed E-state index contributed by atoms with van der Waals surface area (Å²) in [6.07, 6.45) is 0. The quantitative estimate of drug-likeness (QED) is 0.515. The highest BCUT2D eigenvalue weighted by molar-refractivity contribution is 5.45. The van der Waals surface area contributed by atoms with Crippen molar-refractivity contribution < 1.29 is 18.4 Å². The topological polar surface area (TPSA) is 18.5 Å². The summed E-state index contributed by atoms with van der Waals surface area (Å²) in [5.41, 5.74) is 1.95. The summed E-state index contributed by atoms with van der Waals surface area (Å²) in [5.74, 6) is 8.17. The Balaban J connectivity index is 1.85. The van der Waals surface area contributed by atoms with Gasteiger partial charge in [-0.1, -0.05) is 11.8 Å². The molecule has 0 atom stereocenters. The van der Waals surface area contributed by atoms with E-state index in [-0.39, 0.29) is 0 Å². The van der Waals surface area contributed by atoms with Crippen LogP contribution in [0.3, 0.4) is 0 Å². The van der Waals surface area contributed by atoms with Crippen LogP contribution in [0.15, 0.2) is 48.5 Å². The van der Waals surface area contributed by atoms with Crippen LogP contribution in [0, 0.1) is 11.8 Å². The van der Waals surface area contributed by atoms with E-state index in [0.29, 0.717) is 13.2 Å². The van der Waals surface area contributed by atoms with Crippen molar-refractivity contribution in [1.29, 1.82) is 0 Å². The molecule has 28 heavy (non-hydrogen) atoms. The zero-order valence-electron chi connectivity index (χ0n) is 18.2. The van der Waals surface area contributed by atoms with E-state index in [4.69, 9.17) is 9.47 Å². The van der Waals surface area contributed by atoms with Gasteiger partial charge in [0.2, 0.25) is 0 Å². The van der Waals surface area contributed by atoms with Crippen molar-refractivity contribution in [1.82, 2.24) is 0 Å². The van der Waals surface area contributed by atoms with Gasteiger partial charge in [0.15, 0.2) is 0 Å². The Labute approximate surface area is 170 Å². The molecule has 0 saturated carbocycles. The van der Waals surface area contributed by atoms with Crippen LogP contribution in [0.2, 0.25) is 0 Å². The molecular weight excluding hydrogens is 348 g/mol. The fraction of sp³-hybridized carbons (Fsp3) is 0.417. The maximum atomic E-state index is 5.79. The van der Waals surface area contributed by atoms with E-state index in [1.807, 2.05) is 48.5 Å². The van der Waals surface area contributed by atoms with E-state index in [9.17, 15) is 0 Å². The highest BCUT2D eigenvalue weighted by atomic mass is 16.5. The number of ether oxygens (including phenoxy) is 2. The van der Waals surface area contributed by atoms with Crippen molar-refractivity contribution in [3.63, 3.8) is 0 Å². The van der Waals surface area contributed by atoms with Gasteiger partial charge in [-0.2, -0.15) is 0 Å². The lowest BCUT2D eigenvalue weighted by molar-refractivity contribution is -0.870. The summed E-state index contributed by atoms with van der Waals surface area (Å²) in [4.78, 5) is 0. The molecule has 2 aromatic rings. The SMILES string of the molecule is C[N+](C)(C)CCOc1ccc(C#Cc2ccc(OCC[N+](C)(C)C)cc2)cc1. The number of hydrogen-bond acceptors (Lipinski definition) is 2. The Morgan fingerprint density at radius 3 is 1.18 bits per heavy atom. The van der Waals surface area contributed by atoms with Crippen molar-refractivity contribution in [2.75, 3.05) is 68.6 Å². The maximum Gasteiger partial charge on any atom is 0.137 e. The van der Waals surface area contributed by atoms with Crippen LogP contribution in [0.25, 0.3) is 0 Å². The van der Waals surface area contributed by atoms with Crippen LogP contribution >= 0.6 is 0 Å². The zero-order chi connectivity index (χ0) is 20.6. The minimum absolute atomic E-state index is 0.706. The number of rotatable bonds is 8. The Kier molecular flexibility index (Phi) is 7.51. The highest BCUT2D eigenvalue weighted by Crippen LogP contribution is 2.13. The molecule has 0 aliphatic carbocycles. The average molecular weight is 383 g/mol.